The fourth-order valence-electron chi connectivity index (χ4n) is 5.30. The number of hydrogen-bond donors (Lipinski definition) is 2. The number of carbonyl (C=O) groups excluding carboxylic acids is 1. The first-order chi connectivity index (χ1) is 18.9. The predicted molar refractivity (Wildman–Crippen MR) is 145 cm³/mol. The van der Waals surface area contributed by atoms with E-state index in [1.807, 2.05) is 34.9 Å². The van der Waals surface area contributed by atoms with Crippen molar-refractivity contribution >= 4 is 22.8 Å². The lowest BCUT2D eigenvalue weighted by molar-refractivity contribution is -0.142. The van der Waals surface area contributed by atoms with Gasteiger partial charge in [0.1, 0.15) is 11.6 Å². The summed E-state index contributed by atoms with van der Waals surface area (Å²) in [5.74, 6) is -1.24. The monoisotopic (exact) mass is 525 g/mol. The van der Waals surface area contributed by atoms with Crippen LogP contribution in [0.2, 0.25) is 0 Å². The van der Waals surface area contributed by atoms with Crippen LogP contribution in [-0.4, -0.2) is 34.7 Å². The van der Waals surface area contributed by atoms with Crippen LogP contribution in [0.25, 0.3) is 22.0 Å². The van der Waals surface area contributed by atoms with Gasteiger partial charge >= 0.3 is 5.97 Å². The van der Waals surface area contributed by atoms with Crippen LogP contribution in [0.5, 0.6) is 5.75 Å². The molecule has 2 N–H and O–H groups in total. The number of nitriles is 1. The third kappa shape index (κ3) is 5.48. The molecule has 198 valence electrons. The summed E-state index contributed by atoms with van der Waals surface area (Å²) in [6, 6.07) is 19.7. The molecule has 1 aliphatic carbocycles. The van der Waals surface area contributed by atoms with Crippen molar-refractivity contribution in [2.75, 3.05) is 7.11 Å². The summed E-state index contributed by atoms with van der Waals surface area (Å²) in [5.41, 5.74) is 4.16. The number of halogens is 1. The van der Waals surface area contributed by atoms with E-state index >= 15 is 0 Å². The van der Waals surface area contributed by atoms with Crippen molar-refractivity contribution in [1.29, 1.82) is 5.26 Å². The molecule has 0 radical (unpaired) electrons. The number of amides is 1. The zero-order chi connectivity index (χ0) is 27.5. The quantitative estimate of drug-likeness (QED) is 0.320. The molecule has 1 aliphatic rings. The number of ether oxygens (including phenoxy) is 1. The highest BCUT2D eigenvalue weighted by Gasteiger charge is 2.27. The van der Waals surface area contributed by atoms with Gasteiger partial charge in [0.05, 0.1) is 35.7 Å². The smallest absolute Gasteiger partial charge is 0.306 e. The van der Waals surface area contributed by atoms with E-state index < -0.39 is 11.8 Å². The number of methoxy groups -OCH3 is 1. The fourth-order valence-corrected chi connectivity index (χ4v) is 5.30. The second-order valence-corrected chi connectivity index (χ2v) is 9.92. The predicted octanol–water partition coefficient (Wildman–Crippen LogP) is 5.75. The van der Waals surface area contributed by atoms with Crippen molar-refractivity contribution in [3.63, 3.8) is 0 Å². The van der Waals surface area contributed by atoms with Gasteiger partial charge in [-0.1, -0.05) is 24.3 Å². The molecule has 0 atom stereocenters. The number of carboxylic acid groups (broad SMARTS) is 1. The first-order valence-corrected chi connectivity index (χ1v) is 12.9. The molecule has 1 amide bonds. The maximum absolute atomic E-state index is 14.7. The van der Waals surface area contributed by atoms with Crippen LogP contribution in [0.3, 0.4) is 0 Å². The topological polar surface area (TPSA) is 104 Å². The largest absolute Gasteiger partial charge is 0.497 e. The van der Waals surface area contributed by atoms with Gasteiger partial charge < -0.3 is 19.7 Å². The van der Waals surface area contributed by atoms with Gasteiger partial charge in [-0.2, -0.15) is 5.26 Å². The molecule has 0 bridgehead atoms. The molecule has 0 spiro atoms. The van der Waals surface area contributed by atoms with E-state index in [4.69, 9.17) is 4.74 Å². The minimum Gasteiger partial charge on any atom is -0.497 e. The number of rotatable bonds is 7. The standard InChI is InChI=1S/C31H28FN3O4/c1-39-25-15-20(17-33)14-23(16-25)21-4-2-19(3-5-21)18-35-13-12-26-28(32)11-10-27(29(26)35)30(36)34-24-8-6-22(7-9-24)31(37)38/h2-5,10-16,22,24H,6-9,18H2,1H3,(H,34,36)(H,37,38). The third-order valence-corrected chi connectivity index (χ3v) is 7.44. The molecule has 39 heavy (non-hydrogen) atoms. The van der Waals surface area contributed by atoms with Crippen molar-refractivity contribution in [3.8, 4) is 22.9 Å². The Morgan fingerprint density at radius 3 is 2.46 bits per heavy atom. The van der Waals surface area contributed by atoms with Crippen molar-refractivity contribution in [3.05, 3.63) is 89.4 Å². The van der Waals surface area contributed by atoms with Crippen LogP contribution in [0.15, 0.2) is 66.9 Å². The lowest BCUT2D eigenvalue weighted by Gasteiger charge is -2.27. The Kier molecular flexibility index (Phi) is 7.33. The first kappa shape index (κ1) is 26.0. The highest BCUT2D eigenvalue weighted by Crippen LogP contribution is 2.29. The lowest BCUT2D eigenvalue weighted by atomic mass is 9.86. The number of carbonyl (C=O) groups is 2. The van der Waals surface area contributed by atoms with E-state index in [0.29, 0.717) is 60.0 Å². The molecule has 0 saturated heterocycles. The van der Waals surface area contributed by atoms with Gasteiger partial charge in [-0.05, 0) is 78.8 Å². The Bertz CT molecular complexity index is 1580. The maximum Gasteiger partial charge on any atom is 0.306 e. The van der Waals surface area contributed by atoms with Crippen molar-refractivity contribution in [2.45, 2.75) is 38.3 Å². The molecule has 7 nitrogen and oxygen atoms in total. The van der Waals surface area contributed by atoms with Gasteiger partial charge in [-0.15, -0.1) is 0 Å². The molecule has 5 rings (SSSR count). The zero-order valence-electron chi connectivity index (χ0n) is 21.5. The molecular weight excluding hydrogens is 497 g/mol. The Morgan fingerprint density at radius 2 is 1.79 bits per heavy atom. The highest BCUT2D eigenvalue weighted by molar-refractivity contribution is 6.06. The normalized spacial score (nSPS) is 16.9. The van der Waals surface area contributed by atoms with Gasteiger partial charge in [-0.3, -0.25) is 9.59 Å². The van der Waals surface area contributed by atoms with Crippen LogP contribution < -0.4 is 10.1 Å². The lowest BCUT2D eigenvalue weighted by Crippen LogP contribution is -2.38. The summed E-state index contributed by atoms with van der Waals surface area (Å²) in [7, 11) is 1.56. The van der Waals surface area contributed by atoms with E-state index in [9.17, 15) is 24.3 Å². The highest BCUT2D eigenvalue weighted by atomic mass is 19.1. The first-order valence-electron chi connectivity index (χ1n) is 12.9. The number of benzene rings is 3. The molecule has 1 saturated carbocycles. The number of nitrogens with zero attached hydrogens (tertiary/aromatic N) is 2. The molecule has 1 aromatic heterocycles. The number of aromatic nitrogens is 1. The van der Waals surface area contributed by atoms with E-state index in [2.05, 4.69) is 11.4 Å². The van der Waals surface area contributed by atoms with Gasteiger partial charge in [0.15, 0.2) is 0 Å². The molecular formula is C31H28FN3O4. The Hall–Kier alpha value is -4.64. The Labute approximate surface area is 225 Å². The molecule has 3 aromatic carbocycles. The number of hydrogen-bond acceptors (Lipinski definition) is 4. The van der Waals surface area contributed by atoms with Crippen LogP contribution in [0.1, 0.15) is 47.2 Å². The van der Waals surface area contributed by atoms with Crippen molar-refractivity contribution in [2.24, 2.45) is 5.92 Å². The van der Waals surface area contributed by atoms with Crippen LogP contribution in [0.4, 0.5) is 4.39 Å². The van der Waals surface area contributed by atoms with Crippen LogP contribution in [-0.2, 0) is 11.3 Å². The minimum atomic E-state index is -0.790. The average Bonchev–Trinajstić information content (AvgIpc) is 3.38. The molecule has 4 aromatic rings. The second-order valence-electron chi connectivity index (χ2n) is 9.92. The number of aliphatic carboxylic acids is 1. The maximum atomic E-state index is 14.7. The second kappa shape index (κ2) is 11.0. The van der Waals surface area contributed by atoms with Gasteiger partial charge in [0, 0.05) is 24.2 Å². The third-order valence-electron chi connectivity index (χ3n) is 7.44. The number of nitrogens with one attached hydrogen (secondary N) is 1. The summed E-state index contributed by atoms with van der Waals surface area (Å²) < 4.78 is 21.9. The zero-order valence-corrected chi connectivity index (χ0v) is 21.5. The SMILES string of the molecule is COc1cc(C#N)cc(-c2ccc(Cn3ccc4c(F)ccc(C(=O)NC5CCC(C(=O)O)CC5)c43)cc2)c1. The van der Waals surface area contributed by atoms with E-state index in [0.717, 1.165) is 16.7 Å². The minimum absolute atomic E-state index is 0.109. The molecule has 1 fully saturated rings. The van der Waals surface area contributed by atoms with Crippen molar-refractivity contribution < 1.29 is 23.8 Å². The summed E-state index contributed by atoms with van der Waals surface area (Å²) in [6.07, 6.45) is 4.03. The van der Waals surface area contributed by atoms with Gasteiger partial charge in [0.25, 0.3) is 5.91 Å². The van der Waals surface area contributed by atoms with E-state index in [1.165, 1.54) is 12.1 Å². The van der Waals surface area contributed by atoms with Crippen molar-refractivity contribution in [1.82, 2.24) is 9.88 Å². The Morgan fingerprint density at radius 1 is 1.05 bits per heavy atom. The van der Waals surface area contributed by atoms with Crippen LogP contribution >= 0.6 is 0 Å². The fraction of sp³-hybridized carbons (Fsp3) is 0.258. The van der Waals surface area contributed by atoms with E-state index in [1.54, 1.807) is 31.5 Å². The number of carboxylic acids is 1. The van der Waals surface area contributed by atoms with E-state index in [-0.39, 0.29) is 17.9 Å². The summed E-state index contributed by atoms with van der Waals surface area (Å²) in [4.78, 5) is 24.5. The molecule has 8 heteroatoms. The average molecular weight is 526 g/mol. The summed E-state index contributed by atoms with van der Waals surface area (Å²) >= 11 is 0. The molecule has 0 unspecified atom stereocenters. The molecule has 0 aliphatic heterocycles. The van der Waals surface area contributed by atoms with Crippen LogP contribution in [0, 0.1) is 23.1 Å². The van der Waals surface area contributed by atoms with Gasteiger partial charge in [-0.25, -0.2) is 4.39 Å². The van der Waals surface area contributed by atoms with Gasteiger partial charge in [0.2, 0.25) is 0 Å². The number of fused-ring (bicyclic) bond motifs is 1. The molecule has 1 heterocycles. The Balaban J connectivity index is 1.37. The summed E-state index contributed by atoms with van der Waals surface area (Å²) in [5, 5.41) is 22.0. The summed E-state index contributed by atoms with van der Waals surface area (Å²) in [6.45, 7) is 0.429.